The number of allylic oxidation sites excluding steroid dienone is 1. The first-order valence-electron chi connectivity index (χ1n) is 4.39. The quantitative estimate of drug-likeness (QED) is 0.642. The summed E-state index contributed by atoms with van der Waals surface area (Å²) in [5.41, 5.74) is 2.36. The van der Waals surface area contributed by atoms with E-state index < -0.39 is 0 Å². The summed E-state index contributed by atoms with van der Waals surface area (Å²) in [7, 11) is 0. The van der Waals surface area contributed by atoms with Crippen molar-refractivity contribution in [1.29, 1.82) is 0 Å². The third-order valence-electron chi connectivity index (χ3n) is 1.95. The summed E-state index contributed by atoms with van der Waals surface area (Å²) < 4.78 is 0. The molecule has 0 atom stereocenters. The van der Waals surface area contributed by atoms with Gasteiger partial charge in [0.25, 0.3) is 0 Å². The normalized spacial score (nSPS) is 11.0. The lowest BCUT2D eigenvalue weighted by Gasteiger charge is -2.08. The maximum absolute atomic E-state index is 10.0. The second-order valence-corrected chi connectivity index (χ2v) is 3.23. The van der Waals surface area contributed by atoms with Crippen LogP contribution in [0, 0.1) is 0 Å². The number of carbonyl (C=O) groups excluding carboxylic acids is 1. The van der Waals surface area contributed by atoms with Gasteiger partial charge in [-0.3, -0.25) is 4.79 Å². The molecular formula is C12H13O. The summed E-state index contributed by atoms with van der Waals surface area (Å²) in [5.74, 6) is 0.479. The van der Waals surface area contributed by atoms with E-state index in [-0.39, 0.29) is 0 Å². The van der Waals surface area contributed by atoms with E-state index in [9.17, 15) is 4.79 Å². The molecule has 0 aliphatic carbocycles. The SMILES string of the molecule is CC(C)c1ccccc1C=C[C]=O. The molecule has 0 unspecified atom stereocenters. The van der Waals surface area contributed by atoms with E-state index in [1.54, 1.807) is 12.4 Å². The number of hydrogen-bond donors (Lipinski definition) is 0. The van der Waals surface area contributed by atoms with Gasteiger partial charge < -0.3 is 0 Å². The van der Waals surface area contributed by atoms with E-state index in [0.29, 0.717) is 5.92 Å². The van der Waals surface area contributed by atoms with Crippen LogP contribution in [0.25, 0.3) is 6.08 Å². The maximum Gasteiger partial charge on any atom is 0.225 e. The first kappa shape index (κ1) is 9.72. The van der Waals surface area contributed by atoms with E-state index in [1.807, 2.05) is 18.2 Å². The van der Waals surface area contributed by atoms with Crippen molar-refractivity contribution < 1.29 is 4.79 Å². The van der Waals surface area contributed by atoms with Crippen molar-refractivity contribution in [2.75, 3.05) is 0 Å². The van der Waals surface area contributed by atoms with Crippen LogP contribution in [0.2, 0.25) is 0 Å². The molecule has 0 heterocycles. The molecule has 0 saturated carbocycles. The van der Waals surface area contributed by atoms with Crippen molar-refractivity contribution in [1.82, 2.24) is 0 Å². The van der Waals surface area contributed by atoms with Crippen molar-refractivity contribution in [3.63, 3.8) is 0 Å². The molecule has 0 aliphatic rings. The first-order chi connectivity index (χ1) is 6.25. The Hall–Kier alpha value is -1.37. The number of rotatable bonds is 3. The molecular weight excluding hydrogens is 160 g/mol. The summed E-state index contributed by atoms with van der Waals surface area (Å²) >= 11 is 0. The molecule has 0 spiro atoms. The van der Waals surface area contributed by atoms with Crippen molar-refractivity contribution in [3.05, 3.63) is 41.5 Å². The van der Waals surface area contributed by atoms with Gasteiger partial charge in [0.1, 0.15) is 0 Å². The number of benzene rings is 1. The lowest BCUT2D eigenvalue weighted by Crippen LogP contribution is -1.90. The Morgan fingerprint density at radius 2 is 2.00 bits per heavy atom. The third-order valence-corrected chi connectivity index (χ3v) is 1.95. The average molecular weight is 173 g/mol. The van der Waals surface area contributed by atoms with Gasteiger partial charge >= 0.3 is 0 Å². The van der Waals surface area contributed by atoms with E-state index in [1.165, 1.54) is 11.6 Å². The van der Waals surface area contributed by atoms with Crippen molar-refractivity contribution in [3.8, 4) is 0 Å². The summed E-state index contributed by atoms with van der Waals surface area (Å²) in [6.07, 6.45) is 4.95. The minimum Gasteiger partial charge on any atom is -0.286 e. The molecule has 0 aliphatic heterocycles. The molecule has 0 amide bonds. The van der Waals surface area contributed by atoms with Crippen molar-refractivity contribution in [2.45, 2.75) is 19.8 Å². The molecule has 1 rings (SSSR count). The highest BCUT2D eigenvalue weighted by atomic mass is 16.1. The molecule has 1 nitrogen and oxygen atoms in total. The predicted octanol–water partition coefficient (Wildman–Crippen LogP) is 2.93. The molecule has 1 heteroatoms. The predicted molar refractivity (Wildman–Crippen MR) is 55.3 cm³/mol. The Morgan fingerprint density at radius 3 is 2.62 bits per heavy atom. The van der Waals surface area contributed by atoms with Crippen LogP contribution in [0.1, 0.15) is 30.9 Å². The third kappa shape index (κ3) is 2.55. The Bertz CT molecular complexity index is 311. The molecule has 0 N–H and O–H groups in total. The minimum absolute atomic E-state index is 0.479. The Balaban J connectivity index is 3.04. The average Bonchev–Trinajstić information content (AvgIpc) is 2.15. The molecule has 0 saturated heterocycles. The zero-order valence-electron chi connectivity index (χ0n) is 7.95. The van der Waals surface area contributed by atoms with Gasteiger partial charge in [-0.15, -0.1) is 0 Å². The fourth-order valence-corrected chi connectivity index (χ4v) is 1.31. The van der Waals surface area contributed by atoms with Gasteiger partial charge in [0.05, 0.1) is 0 Å². The standard InChI is InChI=1S/C12H13O/c1-10(2)12-8-4-3-6-11(12)7-5-9-13/h3-8,10H,1-2H3. The second kappa shape index (κ2) is 4.61. The Morgan fingerprint density at radius 1 is 1.31 bits per heavy atom. The fraction of sp³-hybridized carbons (Fsp3) is 0.250. The molecule has 13 heavy (non-hydrogen) atoms. The fourth-order valence-electron chi connectivity index (χ4n) is 1.31. The lowest BCUT2D eigenvalue weighted by molar-refractivity contribution is 0.564. The van der Waals surface area contributed by atoms with Crippen LogP contribution < -0.4 is 0 Å². The highest BCUT2D eigenvalue weighted by Crippen LogP contribution is 2.19. The van der Waals surface area contributed by atoms with Gasteiger partial charge in [-0.2, -0.15) is 0 Å². The van der Waals surface area contributed by atoms with Gasteiger partial charge in [-0.1, -0.05) is 44.2 Å². The molecule has 1 aromatic carbocycles. The van der Waals surface area contributed by atoms with Crippen LogP contribution in [0.4, 0.5) is 0 Å². The monoisotopic (exact) mass is 173 g/mol. The first-order valence-corrected chi connectivity index (χ1v) is 4.39. The van der Waals surface area contributed by atoms with Crippen LogP contribution >= 0.6 is 0 Å². The molecule has 1 aromatic rings. The highest BCUT2D eigenvalue weighted by Gasteiger charge is 2.01. The summed E-state index contributed by atoms with van der Waals surface area (Å²) in [4.78, 5) is 10.0. The van der Waals surface area contributed by atoms with Crippen LogP contribution in [-0.4, -0.2) is 6.29 Å². The lowest BCUT2D eigenvalue weighted by atomic mass is 9.97. The van der Waals surface area contributed by atoms with Crippen molar-refractivity contribution >= 4 is 12.4 Å². The number of hydrogen-bond acceptors (Lipinski definition) is 1. The molecule has 0 fully saturated rings. The van der Waals surface area contributed by atoms with Gasteiger partial charge in [-0.25, -0.2) is 0 Å². The van der Waals surface area contributed by atoms with E-state index >= 15 is 0 Å². The Kier molecular flexibility index (Phi) is 3.44. The molecule has 0 aromatic heterocycles. The summed E-state index contributed by atoms with van der Waals surface area (Å²) in [6, 6.07) is 8.06. The van der Waals surface area contributed by atoms with E-state index in [4.69, 9.17) is 0 Å². The van der Waals surface area contributed by atoms with Gasteiger partial charge in [0, 0.05) is 0 Å². The minimum atomic E-state index is 0.479. The highest BCUT2D eigenvalue weighted by molar-refractivity contribution is 5.75. The van der Waals surface area contributed by atoms with Crippen LogP contribution in [-0.2, 0) is 4.79 Å². The maximum atomic E-state index is 10.0. The smallest absolute Gasteiger partial charge is 0.225 e. The molecule has 1 radical (unpaired) electrons. The van der Waals surface area contributed by atoms with Crippen LogP contribution in [0.5, 0.6) is 0 Å². The largest absolute Gasteiger partial charge is 0.286 e. The van der Waals surface area contributed by atoms with Crippen LogP contribution in [0.3, 0.4) is 0 Å². The zero-order valence-corrected chi connectivity index (χ0v) is 7.95. The van der Waals surface area contributed by atoms with Gasteiger partial charge in [0.15, 0.2) is 0 Å². The van der Waals surface area contributed by atoms with Crippen molar-refractivity contribution in [2.24, 2.45) is 0 Å². The summed E-state index contributed by atoms with van der Waals surface area (Å²) in [5, 5.41) is 0. The van der Waals surface area contributed by atoms with Gasteiger partial charge in [0.2, 0.25) is 6.29 Å². The Labute approximate surface area is 79.1 Å². The zero-order chi connectivity index (χ0) is 9.68. The van der Waals surface area contributed by atoms with E-state index in [0.717, 1.165) is 5.56 Å². The van der Waals surface area contributed by atoms with E-state index in [2.05, 4.69) is 19.9 Å². The topological polar surface area (TPSA) is 17.1 Å². The van der Waals surface area contributed by atoms with Gasteiger partial charge in [-0.05, 0) is 23.1 Å². The second-order valence-electron chi connectivity index (χ2n) is 3.23. The molecule has 67 valence electrons. The van der Waals surface area contributed by atoms with Crippen LogP contribution in [0.15, 0.2) is 30.3 Å². The molecule has 0 bridgehead atoms. The summed E-state index contributed by atoms with van der Waals surface area (Å²) in [6.45, 7) is 4.27.